The van der Waals surface area contributed by atoms with Gasteiger partial charge in [-0.1, -0.05) is 25.7 Å². The lowest BCUT2D eigenvalue weighted by Gasteiger charge is -2.24. The van der Waals surface area contributed by atoms with E-state index in [1.165, 1.54) is 37.0 Å². The van der Waals surface area contributed by atoms with E-state index in [0.717, 1.165) is 12.3 Å². The molecule has 0 radical (unpaired) electrons. The molecule has 0 saturated heterocycles. The van der Waals surface area contributed by atoms with Gasteiger partial charge in [-0.2, -0.15) is 0 Å². The van der Waals surface area contributed by atoms with Gasteiger partial charge < -0.3 is 15.0 Å². The largest absolute Gasteiger partial charge is 0.444 e. The lowest BCUT2D eigenvalue weighted by Crippen LogP contribution is -2.41. The average Bonchev–Trinajstić information content (AvgIpc) is 2.85. The van der Waals surface area contributed by atoms with Crippen LogP contribution in [0.1, 0.15) is 59.3 Å². The van der Waals surface area contributed by atoms with Crippen molar-refractivity contribution in [3.63, 3.8) is 0 Å². The summed E-state index contributed by atoms with van der Waals surface area (Å²) >= 11 is 0. The van der Waals surface area contributed by atoms with Crippen LogP contribution in [0.3, 0.4) is 0 Å². The van der Waals surface area contributed by atoms with Gasteiger partial charge in [-0.3, -0.25) is 4.79 Å². The van der Waals surface area contributed by atoms with Gasteiger partial charge in [0.25, 0.3) is 0 Å². The van der Waals surface area contributed by atoms with E-state index in [0.29, 0.717) is 6.54 Å². The minimum absolute atomic E-state index is 0.0400. The van der Waals surface area contributed by atoms with Crippen LogP contribution in [0.15, 0.2) is 0 Å². The molecule has 0 bridgehead atoms. The molecule has 122 valence electrons. The van der Waals surface area contributed by atoms with Crippen molar-refractivity contribution in [2.24, 2.45) is 5.92 Å². The van der Waals surface area contributed by atoms with Crippen LogP contribution in [0.4, 0.5) is 4.79 Å². The van der Waals surface area contributed by atoms with Crippen molar-refractivity contribution in [3.05, 3.63) is 0 Å². The first kappa shape index (κ1) is 17.8. The molecule has 0 unspecified atom stereocenters. The summed E-state index contributed by atoms with van der Waals surface area (Å²) in [5, 5.41) is 2.87. The molecule has 1 aliphatic carbocycles. The SMILES string of the molecule is CN(CC(=O)NCCCC1CCCC1)C(=O)OC(C)(C)C. The summed E-state index contributed by atoms with van der Waals surface area (Å²) in [4.78, 5) is 24.8. The van der Waals surface area contributed by atoms with Crippen LogP contribution in [-0.2, 0) is 9.53 Å². The molecule has 0 aromatic heterocycles. The molecule has 0 atom stereocenters. The lowest BCUT2D eigenvalue weighted by molar-refractivity contribution is -0.122. The highest BCUT2D eigenvalue weighted by atomic mass is 16.6. The maximum absolute atomic E-state index is 11.8. The molecule has 0 aromatic rings. The number of nitrogens with zero attached hydrogens (tertiary/aromatic N) is 1. The van der Waals surface area contributed by atoms with Gasteiger partial charge in [-0.05, 0) is 39.5 Å². The minimum Gasteiger partial charge on any atom is -0.444 e. The Kier molecular flexibility index (Phi) is 6.99. The van der Waals surface area contributed by atoms with Crippen LogP contribution in [0, 0.1) is 5.92 Å². The molecular formula is C16H30N2O3. The fourth-order valence-corrected chi connectivity index (χ4v) is 2.59. The summed E-state index contributed by atoms with van der Waals surface area (Å²) < 4.78 is 5.20. The first-order valence-corrected chi connectivity index (χ1v) is 7.99. The predicted molar refractivity (Wildman–Crippen MR) is 83.1 cm³/mol. The van der Waals surface area contributed by atoms with Gasteiger partial charge >= 0.3 is 6.09 Å². The van der Waals surface area contributed by atoms with Crippen molar-refractivity contribution >= 4 is 12.0 Å². The normalized spacial score (nSPS) is 15.8. The molecule has 0 heterocycles. The van der Waals surface area contributed by atoms with Crippen molar-refractivity contribution in [2.45, 2.75) is 64.9 Å². The predicted octanol–water partition coefficient (Wildman–Crippen LogP) is 2.94. The molecule has 1 aliphatic rings. The van der Waals surface area contributed by atoms with Crippen molar-refractivity contribution in [1.29, 1.82) is 0 Å². The fourth-order valence-electron chi connectivity index (χ4n) is 2.59. The first-order chi connectivity index (χ1) is 9.78. The monoisotopic (exact) mass is 298 g/mol. The Morgan fingerprint density at radius 3 is 2.43 bits per heavy atom. The van der Waals surface area contributed by atoms with E-state index in [1.807, 2.05) is 20.8 Å². The van der Waals surface area contributed by atoms with Gasteiger partial charge in [-0.25, -0.2) is 4.79 Å². The third-order valence-corrected chi connectivity index (χ3v) is 3.67. The van der Waals surface area contributed by atoms with Gasteiger partial charge in [-0.15, -0.1) is 0 Å². The molecule has 0 spiro atoms. The number of rotatable bonds is 6. The number of ether oxygens (including phenoxy) is 1. The Balaban J connectivity index is 2.12. The zero-order chi connectivity index (χ0) is 15.9. The van der Waals surface area contributed by atoms with E-state index in [1.54, 1.807) is 7.05 Å². The summed E-state index contributed by atoms with van der Waals surface area (Å²) in [5.41, 5.74) is -0.539. The number of carbonyl (C=O) groups excluding carboxylic acids is 2. The first-order valence-electron chi connectivity index (χ1n) is 7.99. The third kappa shape index (κ3) is 7.93. The number of hydrogen-bond donors (Lipinski definition) is 1. The maximum atomic E-state index is 11.8. The Hall–Kier alpha value is -1.26. The standard InChI is InChI=1S/C16H30N2O3/c1-16(2,3)21-15(20)18(4)12-14(19)17-11-7-10-13-8-5-6-9-13/h13H,5-12H2,1-4H3,(H,17,19). The Morgan fingerprint density at radius 1 is 1.24 bits per heavy atom. The highest BCUT2D eigenvalue weighted by molar-refractivity contribution is 5.82. The number of hydrogen-bond acceptors (Lipinski definition) is 3. The molecule has 5 nitrogen and oxygen atoms in total. The van der Waals surface area contributed by atoms with Crippen LogP contribution in [0.25, 0.3) is 0 Å². The topological polar surface area (TPSA) is 58.6 Å². The van der Waals surface area contributed by atoms with Crippen molar-refractivity contribution in [3.8, 4) is 0 Å². The number of likely N-dealkylation sites (N-methyl/N-ethyl adjacent to an activating group) is 1. The van der Waals surface area contributed by atoms with Crippen LogP contribution in [0.5, 0.6) is 0 Å². The molecule has 0 aliphatic heterocycles. The van der Waals surface area contributed by atoms with Crippen LogP contribution < -0.4 is 5.32 Å². The third-order valence-electron chi connectivity index (χ3n) is 3.67. The van der Waals surface area contributed by atoms with E-state index in [-0.39, 0.29) is 12.5 Å². The molecule has 1 rings (SSSR count). The quantitative estimate of drug-likeness (QED) is 0.767. The van der Waals surface area contributed by atoms with Gasteiger partial charge in [0.2, 0.25) is 5.91 Å². The number of amides is 2. The van der Waals surface area contributed by atoms with Crippen LogP contribution in [-0.4, -0.2) is 42.6 Å². The molecule has 2 amide bonds. The number of carbonyl (C=O) groups is 2. The Morgan fingerprint density at radius 2 is 1.86 bits per heavy atom. The summed E-state index contributed by atoms with van der Waals surface area (Å²) in [5.74, 6) is 0.723. The van der Waals surface area contributed by atoms with Crippen molar-refractivity contribution in [2.75, 3.05) is 20.1 Å². The van der Waals surface area contributed by atoms with E-state index >= 15 is 0 Å². The molecule has 0 aromatic carbocycles. The maximum Gasteiger partial charge on any atom is 0.410 e. The summed E-state index contributed by atoms with van der Waals surface area (Å²) in [7, 11) is 1.58. The second-order valence-electron chi connectivity index (χ2n) is 6.98. The Labute approximate surface area is 128 Å². The summed E-state index contributed by atoms with van der Waals surface area (Å²) in [6.07, 6.45) is 7.15. The smallest absolute Gasteiger partial charge is 0.410 e. The summed E-state index contributed by atoms with van der Waals surface area (Å²) in [6.45, 7) is 6.15. The summed E-state index contributed by atoms with van der Waals surface area (Å²) in [6, 6.07) is 0. The zero-order valence-electron chi connectivity index (χ0n) is 13.9. The van der Waals surface area contributed by atoms with Crippen molar-refractivity contribution < 1.29 is 14.3 Å². The highest BCUT2D eigenvalue weighted by Gasteiger charge is 2.21. The number of nitrogens with one attached hydrogen (secondary N) is 1. The van der Waals surface area contributed by atoms with E-state index in [9.17, 15) is 9.59 Å². The lowest BCUT2D eigenvalue weighted by atomic mass is 10.0. The van der Waals surface area contributed by atoms with E-state index < -0.39 is 11.7 Å². The van der Waals surface area contributed by atoms with Crippen molar-refractivity contribution in [1.82, 2.24) is 10.2 Å². The zero-order valence-corrected chi connectivity index (χ0v) is 13.9. The van der Waals surface area contributed by atoms with Gasteiger partial charge in [0.1, 0.15) is 12.1 Å². The molecule has 21 heavy (non-hydrogen) atoms. The molecular weight excluding hydrogens is 268 g/mol. The molecule has 5 heteroatoms. The van der Waals surface area contributed by atoms with E-state index in [2.05, 4.69) is 5.32 Å². The van der Waals surface area contributed by atoms with Gasteiger partial charge in [0.15, 0.2) is 0 Å². The second-order valence-corrected chi connectivity index (χ2v) is 6.98. The fraction of sp³-hybridized carbons (Fsp3) is 0.875. The Bertz CT molecular complexity index is 344. The van der Waals surface area contributed by atoms with Crippen LogP contribution >= 0.6 is 0 Å². The molecule has 1 fully saturated rings. The average molecular weight is 298 g/mol. The molecule has 1 saturated carbocycles. The van der Waals surface area contributed by atoms with E-state index in [4.69, 9.17) is 4.74 Å². The highest BCUT2D eigenvalue weighted by Crippen LogP contribution is 2.28. The van der Waals surface area contributed by atoms with Gasteiger partial charge in [0, 0.05) is 13.6 Å². The van der Waals surface area contributed by atoms with Crippen LogP contribution in [0.2, 0.25) is 0 Å². The minimum atomic E-state index is -0.539. The molecule has 1 N–H and O–H groups in total. The second kappa shape index (κ2) is 8.25. The van der Waals surface area contributed by atoms with Gasteiger partial charge in [0.05, 0.1) is 0 Å².